The zero-order valence-corrected chi connectivity index (χ0v) is 18.3. The molecule has 164 valence electrons. The standard InChI is InChI=1S/C22H24N8OS/c23-18-14-4-2-1-3-13(14)11-22(18)6-9-30(10-7-22)20-17(19(24)31)28-16(12-27-20)32-15-5-8-26-21(25)29-15/h1-5,8,12,18H,6-7,9-11,23H2,(H2,24,31)(H2,25,26,29)/t18-/m1/s1. The van der Waals surface area contributed by atoms with E-state index in [0.717, 1.165) is 32.4 Å². The van der Waals surface area contributed by atoms with E-state index in [1.807, 2.05) is 0 Å². The van der Waals surface area contributed by atoms with Crippen molar-refractivity contribution in [2.45, 2.75) is 35.4 Å². The third-order valence-electron chi connectivity index (χ3n) is 6.47. The minimum Gasteiger partial charge on any atom is -0.368 e. The number of benzene rings is 1. The predicted octanol–water partition coefficient (Wildman–Crippen LogP) is 1.94. The van der Waals surface area contributed by atoms with Crippen LogP contribution in [0.5, 0.6) is 0 Å². The monoisotopic (exact) mass is 448 g/mol. The Bertz CT molecular complexity index is 1180. The number of anilines is 2. The van der Waals surface area contributed by atoms with Crippen molar-refractivity contribution in [2.24, 2.45) is 16.9 Å². The lowest BCUT2D eigenvalue weighted by molar-refractivity contribution is 0.0994. The molecular formula is C22H24N8OS. The van der Waals surface area contributed by atoms with E-state index >= 15 is 0 Å². The van der Waals surface area contributed by atoms with E-state index in [2.05, 4.69) is 49.1 Å². The quantitative estimate of drug-likeness (QED) is 0.509. The molecule has 3 heterocycles. The summed E-state index contributed by atoms with van der Waals surface area (Å²) in [5.74, 6) is 0.0783. The van der Waals surface area contributed by atoms with Gasteiger partial charge >= 0.3 is 0 Å². The highest BCUT2D eigenvalue weighted by atomic mass is 32.2. The molecule has 1 amide bonds. The third kappa shape index (κ3) is 3.65. The van der Waals surface area contributed by atoms with Crippen LogP contribution in [0.4, 0.5) is 11.8 Å². The summed E-state index contributed by atoms with van der Waals surface area (Å²) in [6, 6.07) is 10.2. The van der Waals surface area contributed by atoms with Crippen molar-refractivity contribution >= 4 is 29.4 Å². The Morgan fingerprint density at radius 2 is 1.88 bits per heavy atom. The van der Waals surface area contributed by atoms with Crippen molar-refractivity contribution in [2.75, 3.05) is 23.7 Å². The number of fused-ring (bicyclic) bond motifs is 1. The number of carbonyl (C=O) groups is 1. The Morgan fingerprint density at radius 1 is 1.09 bits per heavy atom. The maximum atomic E-state index is 12.2. The van der Waals surface area contributed by atoms with Crippen LogP contribution in [-0.2, 0) is 6.42 Å². The summed E-state index contributed by atoms with van der Waals surface area (Å²) < 4.78 is 0. The molecular weight excluding hydrogens is 424 g/mol. The molecule has 3 aromatic rings. The molecule has 1 fully saturated rings. The van der Waals surface area contributed by atoms with E-state index in [0.29, 0.717) is 15.9 Å². The average Bonchev–Trinajstić information content (AvgIpc) is 3.06. The number of primary amides is 1. The van der Waals surface area contributed by atoms with Gasteiger partial charge in [-0.25, -0.2) is 19.9 Å². The van der Waals surface area contributed by atoms with Crippen LogP contribution in [0, 0.1) is 5.41 Å². The Labute approximate surface area is 189 Å². The highest BCUT2D eigenvalue weighted by Gasteiger charge is 2.46. The second kappa shape index (κ2) is 8.03. The van der Waals surface area contributed by atoms with E-state index in [1.54, 1.807) is 18.5 Å². The second-order valence-electron chi connectivity index (χ2n) is 8.30. The number of aromatic nitrogens is 4. The minimum absolute atomic E-state index is 0.0293. The molecule has 9 nitrogen and oxygen atoms in total. The van der Waals surface area contributed by atoms with Crippen molar-refractivity contribution in [3.05, 3.63) is 59.5 Å². The molecule has 2 aromatic heterocycles. The van der Waals surface area contributed by atoms with Gasteiger partial charge in [-0.05, 0) is 53.6 Å². The van der Waals surface area contributed by atoms with Gasteiger partial charge in [-0.1, -0.05) is 24.3 Å². The van der Waals surface area contributed by atoms with Crippen LogP contribution in [0.15, 0.2) is 52.8 Å². The van der Waals surface area contributed by atoms with E-state index in [1.165, 1.54) is 22.9 Å². The molecule has 1 atom stereocenters. The summed E-state index contributed by atoms with van der Waals surface area (Å²) in [6.07, 6.45) is 6.02. The molecule has 5 rings (SSSR count). The van der Waals surface area contributed by atoms with Gasteiger partial charge in [0.2, 0.25) is 5.95 Å². The summed E-state index contributed by atoms with van der Waals surface area (Å²) >= 11 is 1.25. The van der Waals surface area contributed by atoms with E-state index < -0.39 is 5.91 Å². The molecule has 0 bridgehead atoms. The van der Waals surface area contributed by atoms with E-state index in [-0.39, 0.29) is 23.1 Å². The van der Waals surface area contributed by atoms with Crippen LogP contribution in [0.25, 0.3) is 0 Å². The smallest absolute Gasteiger partial charge is 0.271 e. The van der Waals surface area contributed by atoms with Gasteiger partial charge < -0.3 is 22.1 Å². The molecule has 1 aromatic carbocycles. The molecule has 1 aliphatic carbocycles. The van der Waals surface area contributed by atoms with Gasteiger partial charge in [-0.2, -0.15) is 0 Å². The van der Waals surface area contributed by atoms with Gasteiger partial charge in [0.1, 0.15) is 10.1 Å². The van der Waals surface area contributed by atoms with Gasteiger partial charge in [0.15, 0.2) is 11.5 Å². The van der Waals surface area contributed by atoms with Crippen molar-refractivity contribution in [1.29, 1.82) is 0 Å². The second-order valence-corrected chi connectivity index (χ2v) is 9.34. The lowest BCUT2D eigenvalue weighted by Crippen LogP contribution is -2.45. The number of rotatable bonds is 4. The maximum absolute atomic E-state index is 12.2. The SMILES string of the molecule is NC(=O)c1nc(Sc2ccnc(N)n2)cnc1N1CCC2(CC1)Cc1ccccc1[C@H]2N. The molecule has 0 unspecified atom stereocenters. The van der Waals surface area contributed by atoms with Crippen molar-refractivity contribution in [3.63, 3.8) is 0 Å². The van der Waals surface area contributed by atoms with Gasteiger partial charge in [0.05, 0.1) is 6.20 Å². The van der Waals surface area contributed by atoms with Crippen LogP contribution in [0.1, 0.15) is 40.5 Å². The fourth-order valence-corrected chi connectivity index (χ4v) is 5.53. The maximum Gasteiger partial charge on any atom is 0.271 e. The number of hydrogen-bond donors (Lipinski definition) is 3. The summed E-state index contributed by atoms with van der Waals surface area (Å²) in [5.41, 5.74) is 20.8. The first-order valence-electron chi connectivity index (χ1n) is 10.5. The van der Waals surface area contributed by atoms with Crippen LogP contribution in [0.3, 0.4) is 0 Å². The van der Waals surface area contributed by atoms with Crippen LogP contribution in [-0.4, -0.2) is 38.9 Å². The highest BCUT2D eigenvalue weighted by Crippen LogP contribution is 2.51. The zero-order chi connectivity index (χ0) is 22.3. The molecule has 32 heavy (non-hydrogen) atoms. The van der Waals surface area contributed by atoms with E-state index in [9.17, 15) is 4.79 Å². The van der Waals surface area contributed by atoms with Crippen molar-refractivity contribution < 1.29 is 4.79 Å². The van der Waals surface area contributed by atoms with Crippen LogP contribution < -0.4 is 22.1 Å². The Kier molecular flexibility index (Phi) is 5.18. The fraction of sp³-hybridized carbons (Fsp3) is 0.318. The summed E-state index contributed by atoms with van der Waals surface area (Å²) in [4.78, 5) is 31.3. The van der Waals surface area contributed by atoms with Crippen LogP contribution in [0.2, 0.25) is 0 Å². The molecule has 1 spiro atoms. The highest BCUT2D eigenvalue weighted by molar-refractivity contribution is 7.99. The van der Waals surface area contributed by atoms with E-state index in [4.69, 9.17) is 17.2 Å². The largest absolute Gasteiger partial charge is 0.368 e. The van der Waals surface area contributed by atoms with Gasteiger partial charge in [-0.3, -0.25) is 4.79 Å². The molecule has 10 heteroatoms. The lowest BCUT2D eigenvalue weighted by Gasteiger charge is -2.42. The molecule has 0 radical (unpaired) electrons. The fourth-order valence-electron chi connectivity index (χ4n) is 4.80. The number of nitrogens with zero attached hydrogens (tertiary/aromatic N) is 5. The van der Waals surface area contributed by atoms with Gasteiger partial charge in [-0.15, -0.1) is 0 Å². The molecule has 2 aliphatic rings. The average molecular weight is 449 g/mol. The normalized spacial score (nSPS) is 19.2. The van der Waals surface area contributed by atoms with Crippen molar-refractivity contribution in [1.82, 2.24) is 19.9 Å². The number of hydrogen-bond acceptors (Lipinski definition) is 9. The molecule has 0 saturated carbocycles. The minimum atomic E-state index is -0.609. The Morgan fingerprint density at radius 3 is 2.59 bits per heavy atom. The van der Waals surface area contributed by atoms with Gasteiger partial charge in [0, 0.05) is 25.3 Å². The third-order valence-corrected chi connectivity index (χ3v) is 7.32. The van der Waals surface area contributed by atoms with Crippen molar-refractivity contribution in [3.8, 4) is 0 Å². The number of nitrogen functional groups attached to an aromatic ring is 1. The molecule has 1 aliphatic heterocycles. The number of piperidine rings is 1. The topological polar surface area (TPSA) is 150 Å². The first kappa shape index (κ1) is 20.7. The Hall–Kier alpha value is -3.24. The summed E-state index contributed by atoms with van der Waals surface area (Å²) in [5, 5.41) is 1.13. The molecule has 1 saturated heterocycles. The number of carbonyl (C=O) groups excluding carboxylic acids is 1. The lowest BCUT2D eigenvalue weighted by atomic mass is 9.73. The number of amides is 1. The number of nitrogens with two attached hydrogens (primary N) is 3. The van der Waals surface area contributed by atoms with Crippen LogP contribution >= 0.6 is 11.8 Å². The first-order chi connectivity index (χ1) is 15.4. The molecule has 6 N–H and O–H groups in total. The zero-order valence-electron chi connectivity index (χ0n) is 17.4. The summed E-state index contributed by atoms with van der Waals surface area (Å²) in [7, 11) is 0. The summed E-state index contributed by atoms with van der Waals surface area (Å²) in [6.45, 7) is 1.48. The predicted molar refractivity (Wildman–Crippen MR) is 122 cm³/mol. The van der Waals surface area contributed by atoms with Gasteiger partial charge in [0.25, 0.3) is 5.91 Å². The first-order valence-corrected chi connectivity index (χ1v) is 11.3. The Balaban J connectivity index is 1.35.